The average molecular weight is 354 g/mol. The molecule has 0 radical (unpaired) electrons. The van der Waals surface area contributed by atoms with Crippen LogP contribution in [0.4, 0.5) is 11.6 Å². The van der Waals surface area contributed by atoms with Crippen LogP contribution in [0, 0.1) is 6.92 Å². The molecule has 0 saturated heterocycles. The molecule has 5 nitrogen and oxygen atoms in total. The van der Waals surface area contributed by atoms with Gasteiger partial charge < -0.3 is 10.1 Å². The molecule has 2 aromatic heterocycles. The van der Waals surface area contributed by atoms with Crippen LogP contribution in [0.3, 0.4) is 0 Å². The molecule has 0 bridgehead atoms. The molecule has 25 heavy (non-hydrogen) atoms. The number of benzene rings is 1. The maximum atomic E-state index is 5.26. The Hall–Kier alpha value is -2.47. The third-order valence-electron chi connectivity index (χ3n) is 4.05. The monoisotopic (exact) mass is 354 g/mol. The number of anilines is 2. The van der Waals surface area contributed by atoms with Crippen LogP contribution >= 0.6 is 11.3 Å². The lowest BCUT2D eigenvalue weighted by Gasteiger charge is -2.10. The molecule has 0 fully saturated rings. The van der Waals surface area contributed by atoms with Crippen LogP contribution < -0.4 is 10.1 Å². The maximum absolute atomic E-state index is 5.26. The van der Waals surface area contributed by atoms with Crippen molar-refractivity contribution >= 4 is 23.0 Å². The summed E-state index contributed by atoms with van der Waals surface area (Å²) in [5.41, 5.74) is 2.91. The van der Waals surface area contributed by atoms with Crippen LogP contribution in [0.15, 0.2) is 36.5 Å². The minimum atomic E-state index is 0.407. The number of thiazole rings is 1. The van der Waals surface area contributed by atoms with E-state index >= 15 is 0 Å². The van der Waals surface area contributed by atoms with E-state index < -0.39 is 0 Å². The van der Waals surface area contributed by atoms with Gasteiger partial charge in [-0.15, -0.1) is 11.3 Å². The Labute approximate surface area is 152 Å². The van der Waals surface area contributed by atoms with Gasteiger partial charge in [0.2, 0.25) is 5.95 Å². The zero-order valence-electron chi connectivity index (χ0n) is 14.9. The van der Waals surface area contributed by atoms with Gasteiger partial charge in [0.25, 0.3) is 0 Å². The second-order valence-corrected chi connectivity index (χ2v) is 7.08. The number of hydrogen-bond acceptors (Lipinski definition) is 6. The fourth-order valence-electron chi connectivity index (χ4n) is 2.53. The van der Waals surface area contributed by atoms with Crippen LogP contribution in [0.5, 0.6) is 5.75 Å². The molecular formula is C19H22N4OS. The molecule has 0 amide bonds. The minimum Gasteiger partial charge on any atom is -0.497 e. The number of nitrogens with one attached hydrogen (secondary N) is 1. The molecule has 3 aromatic rings. The molecule has 0 aliphatic heterocycles. The second kappa shape index (κ2) is 7.61. The number of nitrogens with zero attached hydrogens (tertiary/aromatic N) is 3. The molecule has 1 atom stereocenters. The third kappa shape index (κ3) is 3.96. The van der Waals surface area contributed by atoms with Gasteiger partial charge in [-0.2, -0.15) is 0 Å². The Morgan fingerprint density at radius 3 is 2.84 bits per heavy atom. The summed E-state index contributed by atoms with van der Waals surface area (Å²) in [6, 6.07) is 9.65. The van der Waals surface area contributed by atoms with E-state index in [0.717, 1.165) is 39.1 Å². The molecule has 0 aliphatic carbocycles. The first-order valence-corrected chi connectivity index (χ1v) is 9.14. The van der Waals surface area contributed by atoms with Crippen LogP contribution in [0.1, 0.15) is 36.9 Å². The van der Waals surface area contributed by atoms with Crippen molar-refractivity contribution in [3.63, 3.8) is 0 Å². The Morgan fingerprint density at radius 1 is 1.24 bits per heavy atom. The summed E-state index contributed by atoms with van der Waals surface area (Å²) in [6.07, 6.45) is 2.83. The second-order valence-electron chi connectivity index (χ2n) is 5.88. The maximum Gasteiger partial charge on any atom is 0.227 e. The molecule has 1 aromatic carbocycles. The number of hydrogen-bond donors (Lipinski definition) is 1. The van der Waals surface area contributed by atoms with Crippen molar-refractivity contribution in [1.29, 1.82) is 0 Å². The minimum absolute atomic E-state index is 0.407. The van der Waals surface area contributed by atoms with Gasteiger partial charge in [-0.3, -0.25) is 0 Å². The van der Waals surface area contributed by atoms with Gasteiger partial charge in [0, 0.05) is 18.0 Å². The van der Waals surface area contributed by atoms with E-state index in [1.54, 1.807) is 24.6 Å². The fraction of sp³-hybridized carbons (Fsp3) is 0.316. The molecule has 2 heterocycles. The van der Waals surface area contributed by atoms with Crippen molar-refractivity contribution in [2.75, 3.05) is 12.4 Å². The molecule has 1 N–H and O–H groups in total. The summed E-state index contributed by atoms with van der Waals surface area (Å²) >= 11 is 1.68. The van der Waals surface area contributed by atoms with Crippen LogP contribution in [-0.2, 0) is 0 Å². The first-order valence-electron chi connectivity index (χ1n) is 8.32. The van der Waals surface area contributed by atoms with E-state index in [0.29, 0.717) is 11.9 Å². The van der Waals surface area contributed by atoms with E-state index in [2.05, 4.69) is 24.1 Å². The normalized spacial score (nSPS) is 12.0. The van der Waals surface area contributed by atoms with Crippen molar-refractivity contribution in [2.45, 2.75) is 33.1 Å². The van der Waals surface area contributed by atoms with Crippen molar-refractivity contribution in [3.8, 4) is 16.3 Å². The van der Waals surface area contributed by atoms with Gasteiger partial charge in [-0.25, -0.2) is 15.0 Å². The van der Waals surface area contributed by atoms with Gasteiger partial charge in [-0.1, -0.05) is 19.9 Å². The van der Waals surface area contributed by atoms with Crippen LogP contribution in [0.2, 0.25) is 0 Å². The molecule has 1 unspecified atom stereocenters. The number of aryl methyl sites for hydroxylation is 1. The zero-order chi connectivity index (χ0) is 17.8. The van der Waals surface area contributed by atoms with Crippen molar-refractivity contribution in [3.05, 3.63) is 47.2 Å². The van der Waals surface area contributed by atoms with E-state index in [1.165, 1.54) is 0 Å². The summed E-state index contributed by atoms with van der Waals surface area (Å²) in [5.74, 6) is 1.76. The van der Waals surface area contributed by atoms with Gasteiger partial charge in [-0.05, 0) is 37.5 Å². The highest BCUT2D eigenvalue weighted by Crippen LogP contribution is 2.34. The number of rotatable bonds is 6. The van der Waals surface area contributed by atoms with Gasteiger partial charge in [0.15, 0.2) is 0 Å². The highest BCUT2D eigenvalue weighted by Gasteiger charge is 2.17. The number of ether oxygens (including phenoxy) is 1. The Bertz CT molecular complexity index is 862. The van der Waals surface area contributed by atoms with Gasteiger partial charge in [0.05, 0.1) is 28.4 Å². The topological polar surface area (TPSA) is 59.9 Å². The quantitative estimate of drug-likeness (QED) is 0.661. The smallest absolute Gasteiger partial charge is 0.227 e. The summed E-state index contributed by atoms with van der Waals surface area (Å²) < 4.78 is 5.26. The first-order chi connectivity index (χ1) is 12.1. The third-order valence-corrected chi connectivity index (χ3v) is 5.06. The van der Waals surface area contributed by atoms with E-state index in [9.17, 15) is 0 Å². The number of methoxy groups -OCH3 is 1. The zero-order valence-corrected chi connectivity index (χ0v) is 15.7. The van der Waals surface area contributed by atoms with Crippen LogP contribution in [-0.4, -0.2) is 22.1 Å². The highest BCUT2D eigenvalue weighted by molar-refractivity contribution is 7.15. The van der Waals surface area contributed by atoms with Crippen molar-refractivity contribution in [2.24, 2.45) is 0 Å². The predicted molar refractivity (Wildman–Crippen MR) is 103 cm³/mol. The molecule has 0 aliphatic rings. The van der Waals surface area contributed by atoms with Crippen LogP contribution in [0.25, 0.3) is 10.6 Å². The summed E-state index contributed by atoms with van der Waals surface area (Å²) in [4.78, 5) is 14.9. The Balaban J connectivity index is 1.92. The Kier molecular flexibility index (Phi) is 5.28. The van der Waals surface area contributed by atoms with Crippen molar-refractivity contribution in [1.82, 2.24) is 15.0 Å². The number of aromatic nitrogens is 3. The fourth-order valence-corrected chi connectivity index (χ4v) is 3.54. The molecular weight excluding hydrogens is 332 g/mol. The SMILES string of the molecule is CCC(C)c1nc(C)sc1-c1ccnc(Nc2cccc(OC)c2)n1. The van der Waals surface area contributed by atoms with E-state index in [1.807, 2.05) is 37.3 Å². The van der Waals surface area contributed by atoms with E-state index in [4.69, 9.17) is 14.7 Å². The summed E-state index contributed by atoms with van der Waals surface area (Å²) in [6.45, 7) is 6.42. The summed E-state index contributed by atoms with van der Waals surface area (Å²) in [5, 5.41) is 4.30. The van der Waals surface area contributed by atoms with Gasteiger partial charge >= 0.3 is 0 Å². The lowest BCUT2D eigenvalue weighted by Crippen LogP contribution is -1.99. The highest BCUT2D eigenvalue weighted by atomic mass is 32.1. The molecule has 6 heteroatoms. The standard InChI is InChI=1S/C19H22N4OS/c1-5-12(2)17-18(25-13(3)21-17)16-9-10-20-19(23-16)22-14-7-6-8-15(11-14)24-4/h6-12H,5H2,1-4H3,(H,20,22,23). The molecule has 3 rings (SSSR count). The van der Waals surface area contributed by atoms with E-state index in [-0.39, 0.29) is 0 Å². The lowest BCUT2D eigenvalue weighted by molar-refractivity contribution is 0.415. The average Bonchev–Trinajstić information content (AvgIpc) is 3.03. The molecule has 0 spiro atoms. The first kappa shape index (κ1) is 17.4. The Morgan fingerprint density at radius 2 is 2.08 bits per heavy atom. The lowest BCUT2D eigenvalue weighted by atomic mass is 10.0. The summed E-state index contributed by atoms with van der Waals surface area (Å²) in [7, 11) is 1.65. The van der Waals surface area contributed by atoms with Gasteiger partial charge in [0.1, 0.15) is 5.75 Å². The van der Waals surface area contributed by atoms with Crippen molar-refractivity contribution < 1.29 is 4.74 Å². The largest absolute Gasteiger partial charge is 0.497 e. The molecule has 0 saturated carbocycles. The molecule has 130 valence electrons. The predicted octanol–water partition coefficient (Wildman–Crippen LogP) is 5.17.